The fraction of sp³-hybridized carbons (Fsp3) is 0.0714. The molecule has 0 bridgehead atoms. The highest BCUT2D eigenvalue weighted by Gasteiger charge is 2.20. The monoisotopic (exact) mass is 307 g/mol. The quantitative estimate of drug-likeness (QED) is 0.499. The van der Waals surface area contributed by atoms with Gasteiger partial charge in [0.05, 0.1) is 11.0 Å². The van der Waals surface area contributed by atoms with Gasteiger partial charge in [-0.2, -0.15) is 4.39 Å². The largest absolute Gasteiger partial charge is 0.508 e. The Bertz CT molecular complexity index is 733. The second kappa shape index (κ2) is 6.08. The predicted octanol–water partition coefficient (Wildman–Crippen LogP) is 2.46. The van der Waals surface area contributed by atoms with Crippen molar-refractivity contribution in [3.05, 3.63) is 57.9 Å². The van der Waals surface area contributed by atoms with E-state index in [0.29, 0.717) is 6.29 Å². The third kappa shape index (κ3) is 3.11. The van der Waals surface area contributed by atoms with Gasteiger partial charge in [0.2, 0.25) is 5.82 Å². The molecule has 0 saturated carbocycles. The van der Waals surface area contributed by atoms with E-state index in [2.05, 4.69) is 0 Å². The Hall–Kier alpha value is -3.16. The smallest absolute Gasteiger partial charge is 0.308 e. The summed E-state index contributed by atoms with van der Waals surface area (Å²) in [5.41, 5.74) is -0.739. The fourth-order valence-corrected chi connectivity index (χ4v) is 1.79. The topological polar surface area (TPSA) is 110 Å². The molecule has 22 heavy (non-hydrogen) atoms. The zero-order valence-corrected chi connectivity index (χ0v) is 11.0. The second-order valence-corrected chi connectivity index (χ2v) is 4.29. The highest BCUT2D eigenvalue weighted by molar-refractivity contribution is 5.63. The van der Waals surface area contributed by atoms with Gasteiger partial charge in [-0.25, -0.2) is 0 Å². The van der Waals surface area contributed by atoms with Crippen LogP contribution >= 0.6 is 0 Å². The van der Waals surface area contributed by atoms with Crippen LogP contribution in [0.3, 0.4) is 0 Å². The number of carbonyl (C=O) groups is 1. The number of hydrogen-bond donors (Lipinski definition) is 2. The number of halogens is 1. The van der Waals surface area contributed by atoms with Gasteiger partial charge in [0, 0.05) is 11.6 Å². The minimum Gasteiger partial charge on any atom is -0.508 e. The van der Waals surface area contributed by atoms with Gasteiger partial charge < -0.3 is 14.9 Å². The van der Waals surface area contributed by atoms with Gasteiger partial charge in [-0.05, 0) is 24.3 Å². The summed E-state index contributed by atoms with van der Waals surface area (Å²) in [4.78, 5) is 20.9. The minimum absolute atomic E-state index is 0.0554. The standard InChI is InChI=1S/C14H10FNO6/c15-11-4-2-9(6-12(11)16(20)21)22-14(7-17)10-3-1-8(18)5-13(10)19/h1-7,14,18-19H. The fourth-order valence-electron chi connectivity index (χ4n) is 1.79. The summed E-state index contributed by atoms with van der Waals surface area (Å²) in [6.07, 6.45) is -0.910. The van der Waals surface area contributed by atoms with E-state index in [9.17, 15) is 29.5 Å². The second-order valence-electron chi connectivity index (χ2n) is 4.29. The van der Waals surface area contributed by atoms with E-state index in [1.165, 1.54) is 12.1 Å². The molecule has 0 amide bonds. The van der Waals surface area contributed by atoms with E-state index < -0.39 is 22.5 Å². The lowest BCUT2D eigenvalue weighted by Gasteiger charge is -2.15. The van der Waals surface area contributed by atoms with Gasteiger partial charge in [0.25, 0.3) is 0 Å². The van der Waals surface area contributed by atoms with Crippen molar-refractivity contribution in [3.63, 3.8) is 0 Å². The average molecular weight is 307 g/mol. The normalized spacial score (nSPS) is 11.7. The molecular weight excluding hydrogens is 297 g/mol. The van der Waals surface area contributed by atoms with Crippen LogP contribution in [-0.2, 0) is 4.79 Å². The number of aromatic hydroxyl groups is 2. The number of carbonyl (C=O) groups excluding carboxylic acids is 1. The van der Waals surface area contributed by atoms with Crippen LogP contribution in [0, 0.1) is 15.9 Å². The molecule has 0 heterocycles. The molecule has 0 aromatic heterocycles. The number of phenolic OH excluding ortho intramolecular Hbond substituents is 2. The molecule has 2 aromatic rings. The van der Waals surface area contributed by atoms with Crippen LogP contribution in [-0.4, -0.2) is 21.4 Å². The Morgan fingerprint density at radius 1 is 1.23 bits per heavy atom. The maximum atomic E-state index is 13.2. The molecule has 0 fully saturated rings. The van der Waals surface area contributed by atoms with Gasteiger partial charge in [-0.15, -0.1) is 0 Å². The molecule has 0 radical (unpaired) electrons. The van der Waals surface area contributed by atoms with Crippen LogP contribution in [0.15, 0.2) is 36.4 Å². The van der Waals surface area contributed by atoms with Crippen molar-refractivity contribution in [1.29, 1.82) is 0 Å². The first-order valence-corrected chi connectivity index (χ1v) is 6.00. The molecule has 0 saturated heterocycles. The van der Waals surface area contributed by atoms with Crippen LogP contribution in [0.2, 0.25) is 0 Å². The lowest BCUT2D eigenvalue weighted by Crippen LogP contribution is -2.09. The summed E-state index contributed by atoms with van der Waals surface area (Å²) in [6, 6.07) is 6.32. The molecule has 8 heteroatoms. The van der Waals surface area contributed by atoms with Gasteiger partial charge in [0.15, 0.2) is 12.4 Å². The Morgan fingerprint density at radius 3 is 2.55 bits per heavy atom. The van der Waals surface area contributed by atoms with E-state index in [-0.39, 0.29) is 22.8 Å². The Balaban J connectivity index is 2.33. The molecule has 0 aliphatic carbocycles. The van der Waals surface area contributed by atoms with Crippen molar-refractivity contribution in [1.82, 2.24) is 0 Å². The molecule has 0 aliphatic heterocycles. The highest BCUT2D eigenvalue weighted by Crippen LogP contribution is 2.31. The first-order chi connectivity index (χ1) is 10.4. The maximum Gasteiger partial charge on any atom is 0.308 e. The van der Waals surface area contributed by atoms with E-state index in [0.717, 1.165) is 24.3 Å². The number of phenols is 2. The maximum absolute atomic E-state index is 13.2. The van der Waals surface area contributed by atoms with E-state index in [4.69, 9.17) is 4.74 Å². The van der Waals surface area contributed by atoms with Crippen molar-refractivity contribution < 1.29 is 29.1 Å². The molecular formula is C14H10FNO6. The number of nitro groups is 1. The molecule has 114 valence electrons. The molecule has 0 aliphatic rings. The zero-order chi connectivity index (χ0) is 16.3. The number of nitrogens with zero attached hydrogens (tertiary/aromatic N) is 1. The number of aldehydes is 1. The van der Waals surface area contributed by atoms with Crippen LogP contribution in [0.1, 0.15) is 11.7 Å². The summed E-state index contributed by atoms with van der Waals surface area (Å²) in [6.45, 7) is 0. The lowest BCUT2D eigenvalue weighted by molar-refractivity contribution is -0.387. The molecule has 2 aromatic carbocycles. The SMILES string of the molecule is O=CC(Oc1ccc(F)c([N+](=O)[O-])c1)c1ccc(O)cc1O. The minimum atomic E-state index is -1.27. The van der Waals surface area contributed by atoms with E-state index in [1.807, 2.05) is 0 Å². The van der Waals surface area contributed by atoms with Gasteiger partial charge in [0.1, 0.15) is 17.2 Å². The van der Waals surface area contributed by atoms with E-state index >= 15 is 0 Å². The van der Waals surface area contributed by atoms with Crippen LogP contribution in [0.4, 0.5) is 10.1 Å². The number of nitro benzene ring substituents is 1. The van der Waals surface area contributed by atoms with Crippen molar-refractivity contribution in [2.24, 2.45) is 0 Å². The highest BCUT2D eigenvalue weighted by atomic mass is 19.1. The molecule has 2 rings (SSSR count). The summed E-state index contributed by atoms with van der Waals surface area (Å²) in [7, 11) is 0. The van der Waals surface area contributed by atoms with Crippen molar-refractivity contribution >= 4 is 12.0 Å². The van der Waals surface area contributed by atoms with Crippen molar-refractivity contribution in [3.8, 4) is 17.2 Å². The predicted molar refractivity (Wildman–Crippen MR) is 72.3 cm³/mol. The first-order valence-electron chi connectivity index (χ1n) is 6.00. The average Bonchev–Trinajstić information content (AvgIpc) is 2.46. The third-order valence-electron chi connectivity index (χ3n) is 2.82. The van der Waals surface area contributed by atoms with Crippen LogP contribution in [0.5, 0.6) is 17.2 Å². The first kappa shape index (κ1) is 15.2. The van der Waals surface area contributed by atoms with Crippen molar-refractivity contribution in [2.75, 3.05) is 0 Å². The number of hydrogen-bond acceptors (Lipinski definition) is 6. The van der Waals surface area contributed by atoms with Crippen LogP contribution < -0.4 is 4.74 Å². The number of benzene rings is 2. The van der Waals surface area contributed by atoms with Gasteiger partial charge in [-0.1, -0.05) is 0 Å². The third-order valence-corrected chi connectivity index (χ3v) is 2.82. The Labute approximate surface area is 123 Å². The van der Waals surface area contributed by atoms with E-state index in [1.54, 1.807) is 0 Å². The Morgan fingerprint density at radius 2 is 1.95 bits per heavy atom. The van der Waals surface area contributed by atoms with Gasteiger partial charge in [-0.3, -0.25) is 14.9 Å². The zero-order valence-electron chi connectivity index (χ0n) is 11.0. The lowest BCUT2D eigenvalue weighted by atomic mass is 10.1. The Kier molecular flexibility index (Phi) is 4.21. The van der Waals surface area contributed by atoms with Crippen molar-refractivity contribution in [2.45, 2.75) is 6.10 Å². The molecule has 2 N–H and O–H groups in total. The molecule has 1 unspecified atom stereocenters. The summed E-state index contributed by atoms with van der Waals surface area (Å²) >= 11 is 0. The number of rotatable bonds is 5. The molecule has 1 atom stereocenters. The number of ether oxygens (including phenoxy) is 1. The summed E-state index contributed by atoms with van der Waals surface area (Å²) < 4.78 is 18.5. The molecule has 0 spiro atoms. The molecule has 7 nitrogen and oxygen atoms in total. The summed E-state index contributed by atoms with van der Waals surface area (Å²) in [5.74, 6) is -1.73. The van der Waals surface area contributed by atoms with Crippen LogP contribution in [0.25, 0.3) is 0 Å². The summed E-state index contributed by atoms with van der Waals surface area (Å²) in [5, 5.41) is 29.6. The van der Waals surface area contributed by atoms with Gasteiger partial charge >= 0.3 is 5.69 Å².